The molecule has 1 amide bonds. The average Bonchev–Trinajstić information content (AvgIpc) is 3.59. The van der Waals surface area contributed by atoms with E-state index >= 15 is 0 Å². The van der Waals surface area contributed by atoms with E-state index in [1.807, 2.05) is 19.0 Å². The first-order valence-electron chi connectivity index (χ1n) is 11.6. The highest BCUT2D eigenvalue weighted by atomic mass is 19.1. The molecule has 1 saturated carbocycles. The van der Waals surface area contributed by atoms with Gasteiger partial charge in [0.2, 0.25) is 5.91 Å². The second-order valence-corrected chi connectivity index (χ2v) is 9.28. The molecule has 6 nitrogen and oxygen atoms in total. The quantitative estimate of drug-likeness (QED) is 0.617. The summed E-state index contributed by atoms with van der Waals surface area (Å²) in [6.45, 7) is 4.85. The molecule has 1 aliphatic carbocycles. The Hall–Kier alpha value is -2.51. The van der Waals surface area contributed by atoms with Crippen LogP contribution in [0.3, 0.4) is 0 Å². The van der Waals surface area contributed by atoms with Crippen LogP contribution in [0.1, 0.15) is 29.7 Å². The Morgan fingerprint density at radius 1 is 1.22 bits per heavy atom. The lowest BCUT2D eigenvalue weighted by atomic mass is 9.97. The molecule has 2 heterocycles. The van der Waals surface area contributed by atoms with Gasteiger partial charge in [0, 0.05) is 44.6 Å². The van der Waals surface area contributed by atoms with Crippen molar-refractivity contribution in [1.29, 1.82) is 0 Å². The molecule has 2 aliphatic rings. The molecule has 0 spiro atoms. The van der Waals surface area contributed by atoms with Gasteiger partial charge < -0.3 is 15.1 Å². The molecule has 0 saturated heterocycles. The SMILES string of the molecule is CN(C)CCN(Cc1ncccc1F)C(=O)CNc1cccc2c1CCN(CC1CC1)C2. The van der Waals surface area contributed by atoms with E-state index in [0.717, 1.165) is 31.1 Å². The molecule has 0 bridgehead atoms. The van der Waals surface area contributed by atoms with Gasteiger partial charge in [0.05, 0.1) is 18.8 Å². The van der Waals surface area contributed by atoms with Crippen LogP contribution in [0.4, 0.5) is 10.1 Å². The van der Waals surface area contributed by atoms with Crippen molar-refractivity contribution < 1.29 is 9.18 Å². The lowest BCUT2D eigenvalue weighted by Crippen LogP contribution is -2.40. The summed E-state index contributed by atoms with van der Waals surface area (Å²) in [5, 5.41) is 3.37. The molecule has 1 fully saturated rings. The van der Waals surface area contributed by atoms with Crippen LogP contribution in [0.25, 0.3) is 0 Å². The maximum atomic E-state index is 14.1. The smallest absolute Gasteiger partial charge is 0.242 e. The van der Waals surface area contributed by atoms with Crippen LogP contribution in [0.5, 0.6) is 0 Å². The highest BCUT2D eigenvalue weighted by molar-refractivity contribution is 5.81. The zero-order chi connectivity index (χ0) is 22.5. The van der Waals surface area contributed by atoms with Crippen LogP contribution in [0.15, 0.2) is 36.5 Å². The fourth-order valence-electron chi connectivity index (χ4n) is 4.27. The fraction of sp³-hybridized carbons (Fsp3) is 0.520. The van der Waals surface area contributed by atoms with Crippen LogP contribution in [-0.2, 0) is 24.3 Å². The van der Waals surface area contributed by atoms with Gasteiger partial charge >= 0.3 is 0 Å². The molecule has 172 valence electrons. The summed E-state index contributed by atoms with van der Waals surface area (Å²) >= 11 is 0. The highest BCUT2D eigenvalue weighted by Gasteiger charge is 2.27. The zero-order valence-electron chi connectivity index (χ0n) is 19.2. The van der Waals surface area contributed by atoms with Crippen LogP contribution in [0.2, 0.25) is 0 Å². The van der Waals surface area contributed by atoms with E-state index in [0.29, 0.717) is 18.8 Å². The van der Waals surface area contributed by atoms with E-state index in [1.165, 1.54) is 36.6 Å². The number of likely N-dealkylation sites (N-methyl/N-ethyl adjacent to an activating group) is 1. The van der Waals surface area contributed by atoms with E-state index in [4.69, 9.17) is 0 Å². The highest BCUT2D eigenvalue weighted by Crippen LogP contribution is 2.32. The van der Waals surface area contributed by atoms with Gasteiger partial charge in [0.1, 0.15) is 5.82 Å². The van der Waals surface area contributed by atoms with Crippen LogP contribution in [-0.4, -0.2) is 72.4 Å². The van der Waals surface area contributed by atoms with Crippen molar-refractivity contribution in [3.05, 3.63) is 59.2 Å². The number of benzene rings is 1. The number of hydrogen-bond donors (Lipinski definition) is 1. The van der Waals surface area contributed by atoms with Gasteiger partial charge in [-0.1, -0.05) is 12.1 Å². The molecule has 2 aromatic rings. The second-order valence-electron chi connectivity index (χ2n) is 9.28. The molecule has 1 aromatic heterocycles. The van der Waals surface area contributed by atoms with E-state index < -0.39 is 0 Å². The molecule has 0 atom stereocenters. The standard InChI is InChI=1S/C25H34FN5O/c1-29(2)13-14-31(18-24-22(26)6-4-11-27-24)25(32)15-28-23-7-3-5-20-17-30(12-10-21(20)23)16-19-8-9-19/h3-7,11,19,28H,8-10,12-18H2,1-2H3. The molecular formula is C25H34FN5O. The number of nitrogens with one attached hydrogen (secondary N) is 1. The third kappa shape index (κ3) is 6.04. The number of pyridine rings is 1. The van der Waals surface area contributed by atoms with Crippen molar-refractivity contribution in [3.63, 3.8) is 0 Å². The van der Waals surface area contributed by atoms with Crippen LogP contribution in [0, 0.1) is 11.7 Å². The third-order valence-corrected chi connectivity index (χ3v) is 6.33. The number of rotatable bonds is 10. The molecule has 1 aliphatic heterocycles. The summed E-state index contributed by atoms with van der Waals surface area (Å²) in [5.74, 6) is 0.462. The number of nitrogens with zero attached hydrogens (tertiary/aromatic N) is 4. The van der Waals surface area contributed by atoms with Crippen molar-refractivity contribution >= 4 is 11.6 Å². The summed E-state index contributed by atoms with van der Waals surface area (Å²) < 4.78 is 14.1. The molecule has 32 heavy (non-hydrogen) atoms. The fourth-order valence-corrected chi connectivity index (χ4v) is 4.27. The normalized spacial score (nSPS) is 16.1. The first-order valence-corrected chi connectivity index (χ1v) is 11.6. The minimum Gasteiger partial charge on any atom is -0.376 e. The van der Waals surface area contributed by atoms with Gasteiger partial charge in [-0.2, -0.15) is 0 Å². The van der Waals surface area contributed by atoms with E-state index in [-0.39, 0.29) is 24.8 Å². The maximum absolute atomic E-state index is 14.1. The Bertz CT molecular complexity index is 930. The number of anilines is 1. The van der Waals surface area contributed by atoms with E-state index in [2.05, 4.69) is 33.4 Å². The number of carbonyl (C=O) groups excluding carboxylic acids is 1. The molecule has 1 aromatic carbocycles. The van der Waals surface area contributed by atoms with Crippen molar-refractivity contribution in [2.75, 3.05) is 52.1 Å². The minimum atomic E-state index is -0.379. The number of carbonyl (C=O) groups is 1. The summed E-state index contributed by atoms with van der Waals surface area (Å²) in [7, 11) is 3.93. The molecule has 7 heteroatoms. The lowest BCUT2D eigenvalue weighted by Gasteiger charge is -2.30. The maximum Gasteiger partial charge on any atom is 0.242 e. The van der Waals surface area contributed by atoms with Crippen molar-refractivity contribution in [2.24, 2.45) is 5.92 Å². The average molecular weight is 440 g/mol. The van der Waals surface area contributed by atoms with Crippen LogP contribution >= 0.6 is 0 Å². The van der Waals surface area contributed by atoms with E-state index in [9.17, 15) is 9.18 Å². The predicted molar refractivity (Wildman–Crippen MR) is 125 cm³/mol. The Morgan fingerprint density at radius 3 is 2.81 bits per heavy atom. The largest absolute Gasteiger partial charge is 0.376 e. The molecule has 0 radical (unpaired) electrons. The van der Waals surface area contributed by atoms with Crippen molar-refractivity contribution in [3.8, 4) is 0 Å². The predicted octanol–water partition coefficient (Wildman–Crippen LogP) is 2.99. The summed E-state index contributed by atoms with van der Waals surface area (Å²) in [5.41, 5.74) is 4.02. The van der Waals surface area contributed by atoms with Crippen molar-refractivity contribution in [1.82, 2.24) is 19.7 Å². The Kier molecular flexibility index (Phi) is 7.37. The zero-order valence-corrected chi connectivity index (χ0v) is 19.2. The number of amides is 1. The van der Waals surface area contributed by atoms with Gasteiger partial charge in [-0.15, -0.1) is 0 Å². The van der Waals surface area contributed by atoms with Crippen LogP contribution < -0.4 is 5.32 Å². The van der Waals surface area contributed by atoms with E-state index in [1.54, 1.807) is 17.2 Å². The lowest BCUT2D eigenvalue weighted by molar-refractivity contribution is -0.130. The Labute approximate surface area is 190 Å². The van der Waals surface area contributed by atoms with Gasteiger partial charge in [-0.3, -0.25) is 14.7 Å². The monoisotopic (exact) mass is 439 g/mol. The molecular weight excluding hydrogens is 405 g/mol. The molecule has 4 rings (SSSR count). The Balaban J connectivity index is 1.39. The topological polar surface area (TPSA) is 51.7 Å². The first-order chi connectivity index (χ1) is 15.5. The number of hydrogen-bond acceptors (Lipinski definition) is 5. The van der Waals surface area contributed by atoms with Gasteiger partial charge in [-0.25, -0.2) is 4.39 Å². The molecule has 1 N–H and O–H groups in total. The second kappa shape index (κ2) is 10.4. The third-order valence-electron chi connectivity index (χ3n) is 6.33. The summed E-state index contributed by atoms with van der Waals surface area (Å²) in [6.07, 6.45) is 5.32. The number of aromatic nitrogens is 1. The van der Waals surface area contributed by atoms with Crippen molar-refractivity contribution in [2.45, 2.75) is 32.4 Å². The number of fused-ring (bicyclic) bond motifs is 1. The first kappa shape index (κ1) is 22.7. The van der Waals surface area contributed by atoms with Gasteiger partial charge in [0.25, 0.3) is 0 Å². The Morgan fingerprint density at radius 2 is 2.06 bits per heavy atom. The van der Waals surface area contributed by atoms with Gasteiger partial charge in [0.15, 0.2) is 0 Å². The molecule has 0 unspecified atom stereocenters. The number of halogens is 1. The van der Waals surface area contributed by atoms with Gasteiger partial charge in [-0.05, 0) is 68.6 Å². The summed E-state index contributed by atoms with van der Waals surface area (Å²) in [4.78, 5) is 23.5. The minimum absolute atomic E-state index is 0.0549. The summed E-state index contributed by atoms with van der Waals surface area (Å²) in [6, 6.07) is 9.29.